The molecule has 3 heterocycles. The fourth-order valence-corrected chi connectivity index (χ4v) is 3.68. The highest BCUT2D eigenvalue weighted by Crippen LogP contribution is 2.41. The molecule has 4 heteroatoms. The summed E-state index contributed by atoms with van der Waals surface area (Å²) in [6.07, 6.45) is 10.1. The van der Waals surface area contributed by atoms with Crippen molar-refractivity contribution in [1.29, 1.82) is 0 Å². The first-order chi connectivity index (χ1) is 9.30. The van der Waals surface area contributed by atoms with Crippen molar-refractivity contribution in [2.24, 2.45) is 5.92 Å². The molecule has 1 aromatic heterocycles. The molecular formula is C15H25N3O. The fourth-order valence-electron chi connectivity index (χ4n) is 3.68. The van der Waals surface area contributed by atoms with Gasteiger partial charge in [-0.25, -0.2) is 0 Å². The third-order valence-corrected chi connectivity index (χ3v) is 4.60. The molecule has 0 radical (unpaired) electrons. The fraction of sp³-hybridized carbons (Fsp3) is 0.800. The lowest BCUT2D eigenvalue weighted by atomic mass is 9.82. The third-order valence-electron chi connectivity index (χ3n) is 4.60. The Balaban J connectivity index is 1.67. The Bertz CT molecular complexity index is 417. The first-order valence-electron chi connectivity index (χ1n) is 7.70. The Labute approximate surface area is 115 Å². The topological polar surface area (TPSA) is 39.1 Å². The molecule has 2 aliphatic rings. The highest BCUT2D eigenvalue weighted by atomic mass is 16.5. The Kier molecular flexibility index (Phi) is 3.89. The van der Waals surface area contributed by atoms with Crippen LogP contribution in [0.3, 0.4) is 0 Å². The molecule has 3 rings (SSSR count). The number of hydrogen-bond acceptors (Lipinski definition) is 3. The zero-order chi connectivity index (χ0) is 13.2. The summed E-state index contributed by atoms with van der Waals surface area (Å²) in [4.78, 5) is 0. The maximum atomic E-state index is 6.02. The smallest absolute Gasteiger partial charge is 0.0623 e. The molecule has 4 unspecified atom stereocenters. The van der Waals surface area contributed by atoms with E-state index >= 15 is 0 Å². The van der Waals surface area contributed by atoms with Gasteiger partial charge in [-0.1, -0.05) is 6.92 Å². The van der Waals surface area contributed by atoms with Gasteiger partial charge < -0.3 is 10.1 Å². The summed E-state index contributed by atoms with van der Waals surface area (Å²) in [6, 6.07) is 0.537. The van der Waals surface area contributed by atoms with Crippen LogP contribution < -0.4 is 5.32 Å². The second-order valence-electron chi connectivity index (χ2n) is 5.85. The minimum Gasteiger partial charge on any atom is -0.375 e. The molecule has 0 aromatic carbocycles. The van der Waals surface area contributed by atoms with Crippen molar-refractivity contribution in [3.63, 3.8) is 0 Å². The van der Waals surface area contributed by atoms with E-state index in [0.717, 1.165) is 19.5 Å². The Morgan fingerprint density at radius 3 is 2.95 bits per heavy atom. The molecule has 2 fully saturated rings. The van der Waals surface area contributed by atoms with Crippen LogP contribution in [-0.2, 0) is 17.7 Å². The van der Waals surface area contributed by atoms with Crippen LogP contribution in [0.15, 0.2) is 12.4 Å². The zero-order valence-electron chi connectivity index (χ0n) is 12.0. The van der Waals surface area contributed by atoms with Crippen molar-refractivity contribution in [2.45, 2.75) is 64.3 Å². The quantitative estimate of drug-likeness (QED) is 0.853. The average Bonchev–Trinajstić information content (AvgIpc) is 3.14. The van der Waals surface area contributed by atoms with Gasteiger partial charge in [-0.3, -0.25) is 4.68 Å². The van der Waals surface area contributed by atoms with E-state index in [1.54, 1.807) is 0 Å². The van der Waals surface area contributed by atoms with E-state index in [1.807, 2.05) is 10.9 Å². The summed E-state index contributed by atoms with van der Waals surface area (Å²) in [7, 11) is 0. The summed E-state index contributed by atoms with van der Waals surface area (Å²) >= 11 is 0. The summed E-state index contributed by atoms with van der Waals surface area (Å²) in [5.74, 6) is 0.684. The van der Waals surface area contributed by atoms with Gasteiger partial charge >= 0.3 is 0 Å². The summed E-state index contributed by atoms with van der Waals surface area (Å²) in [5.41, 5.74) is 1.34. The molecule has 4 atom stereocenters. The molecular weight excluding hydrogens is 238 g/mol. The molecule has 1 aromatic rings. The molecule has 4 nitrogen and oxygen atoms in total. The Morgan fingerprint density at radius 1 is 1.47 bits per heavy atom. The number of nitrogens with zero attached hydrogens (tertiary/aromatic N) is 2. The van der Waals surface area contributed by atoms with Crippen molar-refractivity contribution in [1.82, 2.24) is 15.1 Å². The van der Waals surface area contributed by atoms with Gasteiger partial charge in [0, 0.05) is 24.7 Å². The van der Waals surface area contributed by atoms with E-state index in [-0.39, 0.29) is 0 Å². The number of aryl methyl sites for hydroxylation is 1. The third kappa shape index (κ3) is 2.70. The molecule has 2 aliphatic heterocycles. The predicted molar refractivity (Wildman–Crippen MR) is 75.1 cm³/mol. The molecule has 2 bridgehead atoms. The number of hydrogen-bond donors (Lipinski definition) is 1. The Morgan fingerprint density at radius 2 is 2.37 bits per heavy atom. The second kappa shape index (κ2) is 5.63. The van der Waals surface area contributed by atoms with Crippen LogP contribution in [0.2, 0.25) is 0 Å². The number of ether oxygens (including phenoxy) is 1. The number of rotatable bonds is 6. The van der Waals surface area contributed by atoms with Crippen LogP contribution in [0, 0.1) is 5.92 Å². The number of likely N-dealkylation sites (N-methyl/N-ethyl adjacent to an activating group) is 1. The van der Waals surface area contributed by atoms with Crippen LogP contribution in [0.5, 0.6) is 0 Å². The second-order valence-corrected chi connectivity index (χ2v) is 5.85. The van der Waals surface area contributed by atoms with E-state index in [4.69, 9.17) is 4.74 Å². The molecule has 0 saturated carbocycles. The first kappa shape index (κ1) is 13.1. The minimum atomic E-state index is 0.496. The predicted octanol–water partition coefficient (Wildman–Crippen LogP) is 1.99. The number of fused-ring (bicyclic) bond motifs is 2. The molecule has 106 valence electrons. The SMILES string of the molecule is CCNC(Cc1cnn(CC)c1)C1CC2CCC1O2. The van der Waals surface area contributed by atoms with Crippen molar-refractivity contribution < 1.29 is 4.74 Å². The summed E-state index contributed by atoms with van der Waals surface area (Å²) in [5, 5.41) is 8.05. The highest BCUT2D eigenvalue weighted by molar-refractivity contribution is 5.08. The van der Waals surface area contributed by atoms with Gasteiger partial charge in [-0.05, 0) is 44.7 Å². The maximum absolute atomic E-state index is 6.02. The van der Waals surface area contributed by atoms with E-state index in [2.05, 4.69) is 30.5 Å². The van der Waals surface area contributed by atoms with Gasteiger partial charge in [0.2, 0.25) is 0 Å². The number of nitrogens with one attached hydrogen (secondary N) is 1. The average molecular weight is 263 g/mol. The minimum absolute atomic E-state index is 0.496. The highest BCUT2D eigenvalue weighted by Gasteiger charge is 2.44. The van der Waals surface area contributed by atoms with Crippen LogP contribution >= 0.6 is 0 Å². The zero-order valence-corrected chi connectivity index (χ0v) is 12.0. The monoisotopic (exact) mass is 263 g/mol. The molecule has 0 aliphatic carbocycles. The van der Waals surface area contributed by atoms with Gasteiger partial charge in [-0.15, -0.1) is 0 Å². The lowest BCUT2D eigenvalue weighted by Gasteiger charge is -2.28. The molecule has 2 saturated heterocycles. The van der Waals surface area contributed by atoms with Crippen molar-refractivity contribution in [3.05, 3.63) is 18.0 Å². The molecule has 0 spiro atoms. The van der Waals surface area contributed by atoms with Crippen molar-refractivity contribution in [2.75, 3.05) is 6.54 Å². The molecule has 1 N–H and O–H groups in total. The van der Waals surface area contributed by atoms with Crippen LogP contribution in [0.25, 0.3) is 0 Å². The Hall–Kier alpha value is -0.870. The van der Waals surface area contributed by atoms with Gasteiger partial charge in [0.05, 0.1) is 18.4 Å². The van der Waals surface area contributed by atoms with Crippen molar-refractivity contribution in [3.8, 4) is 0 Å². The lowest BCUT2D eigenvalue weighted by molar-refractivity contribution is 0.0858. The van der Waals surface area contributed by atoms with E-state index < -0.39 is 0 Å². The summed E-state index contributed by atoms with van der Waals surface area (Å²) < 4.78 is 8.02. The molecule has 19 heavy (non-hydrogen) atoms. The van der Waals surface area contributed by atoms with Crippen LogP contribution in [-0.4, -0.2) is 34.6 Å². The van der Waals surface area contributed by atoms with Gasteiger partial charge in [0.15, 0.2) is 0 Å². The number of aromatic nitrogens is 2. The largest absolute Gasteiger partial charge is 0.375 e. The molecule has 0 amide bonds. The van der Waals surface area contributed by atoms with E-state index in [1.165, 1.54) is 24.8 Å². The van der Waals surface area contributed by atoms with E-state index in [9.17, 15) is 0 Å². The van der Waals surface area contributed by atoms with Gasteiger partial charge in [-0.2, -0.15) is 5.10 Å². The van der Waals surface area contributed by atoms with Crippen LogP contribution in [0.4, 0.5) is 0 Å². The lowest BCUT2D eigenvalue weighted by Crippen LogP contribution is -2.42. The van der Waals surface area contributed by atoms with Crippen LogP contribution in [0.1, 0.15) is 38.7 Å². The van der Waals surface area contributed by atoms with Gasteiger partial charge in [0.1, 0.15) is 0 Å². The first-order valence-corrected chi connectivity index (χ1v) is 7.70. The summed E-state index contributed by atoms with van der Waals surface area (Å²) in [6.45, 7) is 6.29. The van der Waals surface area contributed by atoms with E-state index in [0.29, 0.717) is 24.2 Å². The normalized spacial score (nSPS) is 30.9. The van der Waals surface area contributed by atoms with Crippen molar-refractivity contribution >= 4 is 0 Å². The van der Waals surface area contributed by atoms with Gasteiger partial charge in [0.25, 0.3) is 0 Å². The standard InChI is InChI=1S/C15H25N3O/c1-3-16-14(7-11-9-17-18(4-2)10-11)13-8-12-5-6-15(13)19-12/h9-10,12-16H,3-8H2,1-2H3. The maximum Gasteiger partial charge on any atom is 0.0623 e.